The number of ether oxygens (including phenoxy) is 1. The van der Waals surface area contributed by atoms with Crippen LogP contribution in [0, 0.1) is 0 Å². The average molecular weight is 206 g/mol. The SMILES string of the molecule is CCC[NH2+]Cc1ccc2c(c1)C[C@H](C)O2. The van der Waals surface area contributed by atoms with Crippen LogP contribution in [0.5, 0.6) is 5.75 Å². The molecule has 1 aromatic carbocycles. The Labute approximate surface area is 91.6 Å². The number of fused-ring (bicyclic) bond motifs is 1. The number of benzene rings is 1. The molecular weight excluding hydrogens is 186 g/mol. The van der Waals surface area contributed by atoms with E-state index in [1.54, 1.807) is 0 Å². The van der Waals surface area contributed by atoms with Gasteiger partial charge in [-0.3, -0.25) is 0 Å². The summed E-state index contributed by atoms with van der Waals surface area (Å²) in [5, 5.41) is 2.36. The van der Waals surface area contributed by atoms with Gasteiger partial charge < -0.3 is 10.1 Å². The van der Waals surface area contributed by atoms with Gasteiger partial charge in [0.15, 0.2) is 0 Å². The summed E-state index contributed by atoms with van der Waals surface area (Å²) in [6.45, 7) is 6.65. The van der Waals surface area contributed by atoms with E-state index in [1.165, 1.54) is 24.1 Å². The Balaban J connectivity index is 2.00. The van der Waals surface area contributed by atoms with E-state index in [9.17, 15) is 0 Å². The molecule has 2 N–H and O–H groups in total. The van der Waals surface area contributed by atoms with Gasteiger partial charge in [0, 0.05) is 12.0 Å². The van der Waals surface area contributed by atoms with Gasteiger partial charge in [-0.2, -0.15) is 0 Å². The van der Waals surface area contributed by atoms with Gasteiger partial charge >= 0.3 is 0 Å². The van der Waals surface area contributed by atoms with Crippen molar-refractivity contribution >= 4 is 0 Å². The molecule has 0 spiro atoms. The summed E-state index contributed by atoms with van der Waals surface area (Å²) in [4.78, 5) is 0. The Morgan fingerprint density at radius 3 is 3.13 bits per heavy atom. The van der Waals surface area contributed by atoms with Gasteiger partial charge in [-0.25, -0.2) is 0 Å². The van der Waals surface area contributed by atoms with Crippen molar-refractivity contribution in [2.45, 2.75) is 39.3 Å². The molecule has 1 aromatic rings. The molecular formula is C13H20NO+. The molecule has 0 fully saturated rings. The van der Waals surface area contributed by atoms with Crippen LogP contribution in [-0.4, -0.2) is 12.6 Å². The van der Waals surface area contributed by atoms with E-state index in [0.717, 1.165) is 18.7 Å². The second-order valence-electron chi connectivity index (χ2n) is 4.36. The van der Waals surface area contributed by atoms with Crippen LogP contribution in [0.3, 0.4) is 0 Å². The third-order valence-electron chi connectivity index (χ3n) is 2.83. The lowest BCUT2D eigenvalue weighted by Gasteiger charge is -2.03. The molecule has 0 bridgehead atoms. The van der Waals surface area contributed by atoms with Crippen LogP contribution in [0.2, 0.25) is 0 Å². The zero-order chi connectivity index (χ0) is 10.7. The predicted octanol–water partition coefficient (Wildman–Crippen LogP) is 1.48. The molecule has 0 unspecified atom stereocenters. The molecule has 15 heavy (non-hydrogen) atoms. The summed E-state index contributed by atoms with van der Waals surface area (Å²) in [7, 11) is 0. The summed E-state index contributed by atoms with van der Waals surface area (Å²) >= 11 is 0. The van der Waals surface area contributed by atoms with E-state index in [4.69, 9.17) is 4.74 Å². The van der Waals surface area contributed by atoms with Crippen LogP contribution >= 0.6 is 0 Å². The standard InChI is InChI=1S/C13H19NO/c1-3-6-14-9-11-4-5-13-12(8-11)7-10(2)15-13/h4-5,8,10,14H,3,6-7,9H2,1-2H3/p+1/t10-/m0/s1. The highest BCUT2D eigenvalue weighted by Crippen LogP contribution is 2.28. The van der Waals surface area contributed by atoms with Gasteiger partial charge in [0.05, 0.1) is 6.54 Å². The molecule has 2 nitrogen and oxygen atoms in total. The second-order valence-corrected chi connectivity index (χ2v) is 4.36. The second kappa shape index (κ2) is 4.67. The van der Waals surface area contributed by atoms with E-state index in [0.29, 0.717) is 6.10 Å². The highest BCUT2D eigenvalue weighted by atomic mass is 16.5. The lowest BCUT2D eigenvalue weighted by molar-refractivity contribution is -0.670. The molecule has 0 saturated heterocycles. The maximum Gasteiger partial charge on any atom is 0.123 e. The van der Waals surface area contributed by atoms with Gasteiger partial charge in [0.25, 0.3) is 0 Å². The Hall–Kier alpha value is -1.02. The average Bonchev–Trinajstić information content (AvgIpc) is 2.57. The van der Waals surface area contributed by atoms with Crippen molar-refractivity contribution in [1.82, 2.24) is 0 Å². The zero-order valence-electron chi connectivity index (χ0n) is 9.62. The molecule has 1 atom stereocenters. The van der Waals surface area contributed by atoms with Crippen molar-refractivity contribution in [1.29, 1.82) is 0 Å². The minimum atomic E-state index is 0.356. The van der Waals surface area contributed by atoms with Crippen LogP contribution < -0.4 is 10.1 Å². The first-order valence-corrected chi connectivity index (χ1v) is 5.89. The molecule has 82 valence electrons. The molecule has 2 rings (SSSR count). The van der Waals surface area contributed by atoms with Crippen molar-refractivity contribution in [2.24, 2.45) is 0 Å². The molecule has 1 heterocycles. The fourth-order valence-corrected chi connectivity index (χ4v) is 2.08. The van der Waals surface area contributed by atoms with Gasteiger partial charge in [-0.1, -0.05) is 6.92 Å². The molecule has 0 aliphatic carbocycles. The fraction of sp³-hybridized carbons (Fsp3) is 0.538. The van der Waals surface area contributed by atoms with Crippen molar-refractivity contribution in [3.05, 3.63) is 29.3 Å². The van der Waals surface area contributed by atoms with Crippen molar-refractivity contribution in [2.75, 3.05) is 6.54 Å². The maximum absolute atomic E-state index is 5.68. The minimum absolute atomic E-state index is 0.356. The quantitative estimate of drug-likeness (QED) is 0.742. The maximum atomic E-state index is 5.68. The van der Waals surface area contributed by atoms with Crippen molar-refractivity contribution in [3.8, 4) is 5.75 Å². The molecule has 0 saturated carbocycles. The normalized spacial score (nSPS) is 18.7. The smallest absolute Gasteiger partial charge is 0.123 e. The number of hydrogen-bond acceptors (Lipinski definition) is 1. The van der Waals surface area contributed by atoms with E-state index < -0.39 is 0 Å². The summed E-state index contributed by atoms with van der Waals surface area (Å²) in [5.41, 5.74) is 2.80. The van der Waals surface area contributed by atoms with Crippen LogP contribution in [0.15, 0.2) is 18.2 Å². The van der Waals surface area contributed by atoms with E-state index in [-0.39, 0.29) is 0 Å². The third-order valence-corrected chi connectivity index (χ3v) is 2.83. The fourth-order valence-electron chi connectivity index (χ4n) is 2.08. The topological polar surface area (TPSA) is 25.8 Å². The first kappa shape index (κ1) is 10.5. The molecule has 0 radical (unpaired) electrons. The highest BCUT2D eigenvalue weighted by molar-refractivity contribution is 5.40. The Bertz CT molecular complexity index is 335. The largest absolute Gasteiger partial charge is 0.490 e. The lowest BCUT2D eigenvalue weighted by atomic mass is 10.1. The van der Waals surface area contributed by atoms with Crippen LogP contribution in [0.4, 0.5) is 0 Å². The van der Waals surface area contributed by atoms with Gasteiger partial charge in [0.1, 0.15) is 18.4 Å². The number of quaternary nitrogens is 1. The van der Waals surface area contributed by atoms with E-state index >= 15 is 0 Å². The van der Waals surface area contributed by atoms with Crippen LogP contribution in [0.1, 0.15) is 31.4 Å². The minimum Gasteiger partial charge on any atom is -0.490 e. The van der Waals surface area contributed by atoms with Gasteiger partial charge in [-0.05, 0) is 37.1 Å². The summed E-state index contributed by atoms with van der Waals surface area (Å²) < 4.78 is 5.68. The Morgan fingerprint density at radius 1 is 1.47 bits per heavy atom. The van der Waals surface area contributed by atoms with Crippen molar-refractivity contribution in [3.63, 3.8) is 0 Å². The van der Waals surface area contributed by atoms with Gasteiger partial charge in [0.2, 0.25) is 0 Å². The summed E-state index contributed by atoms with van der Waals surface area (Å²) in [6.07, 6.45) is 2.66. The number of hydrogen-bond donors (Lipinski definition) is 1. The number of nitrogens with two attached hydrogens (primary N) is 1. The summed E-state index contributed by atoms with van der Waals surface area (Å²) in [6, 6.07) is 6.60. The van der Waals surface area contributed by atoms with Crippen molar-refractivity contribution < 1.29 is 10.1 Å². The Morgan fingerprint density at radius 2 is 2.33 bits per heavy atom. The van der Waals surface area contributed by atoms with Gasteiger partial charge in [-0.15, -0.1) is 0 Å². The first-order chi connectivity index (χ1) is 7.29. The molecule has 0 amide bonds. The predicted molar refractivity (Wildman–Crippen MR) is 61.0 cm³/mol. The van der Waals surface area contributed by atoms with Crippen LogP contribution in [0.25, 0.3) is 0 Å². The molecule has 0 aromatic heterocycles. The third kappa shape index (κ3) is 2.51. The first-order valence-electron chi connectivity index (χ1n) is 5.89. The molecule has 2 heteroatoms. The highest BCUT2D eigenvalue weighted by Gasteiger charge is 2.18. The number of rotatable bonds is 4. The van der Waals surface area contributed by atoms with E-state index in [1.807, 2.05) is 0 Å². The molecule has 1 aliphatic heterocycles. The zero-order valence-corrected chi connectivity index (χ0v) is 9.62. The monoisotopic (exact) mass is 206 g/mol. The summed E-state index contributed by atoms with van der Waals surface area (Å²) in [5.74, 6) is 1.08. The lowest BCUT2D eigenvalue weighted by Crippen LogP contribution is -2.82. The van der Waals surface area contributed by atoms with E-state index in [2.05, 4.69) is 37.4 Å². The Kier molecular flexibility index (Phi) is 3.27. The van der Waals surface area contributed by atoms with Crippen LogP contribution in [-0.2, 0) is 13.0 Å². The molecule has 1 aliphatic rings.